The van der Waals surface area contributed by atoms with E-state index in [1.165, 1.54) is 19.9 Å². The SMILES string of the molecule is CCc1sc2c(N)cccc2c1SC. The fourth-order valence-electron chi connectivity index (χ4n) is 1.62. The van der Waals surface area contributed by atoms with Crippen LogP contribution in [0.15, 0.2) is 23.1 Å². The maximum atomic E-state index is 5.95. The van der Waals surface area contributed by atoms with Crippen molar-refractivity contribution in [2.75, 3.05) is 12.0 Å². The van der Waals surface area contributed by atoms with E-state index in [0.29, 0.717) is 0 Å². The smallest absolute Gasteiger partial charge is 0.0586 e. The van der Waals surface area contributed by atoms with Gasteiger partial charge in [0.1, 0.15) is 0 Å². The molecule has 0 spiro atoms. The zero-order chi connectivity index (χ0) is 10.1. The maximum Gasteiger partial charge on any atom is 0.0586 e. The largest absolute Gasteiger partial charge is 0.398 e. The average molecular weight is 223 g/mol. The Hall–Kier alpha value is -0.670. The number of anilines is 1. The number of rotatable bonds is 2. The van der Waals surface area contributed by atoms with Crippen LogP contribution in [-0.4, -0.2) is 6.26 Å². The minimum absolute atomic E-state index is 0.905. The molecule has 0 saturated heterocycles. The highest BCUT2D eigenvalue weighted by atomic mass is 32.2. The van der Waals surface area contributed by atoms with E-state index < -0.39 is 0 Å². The van der Waals surface area contributed by atoms with Crippen LogP contribution >= 0.6 is 23.1 Å². The summed E-state index contributed by atoms with van der Waals surface area (Å²) >= 11 is 3.65. The quantitative estimate of drug-likeness (QED) is 0.619. The molecular weight excluding hydrogens is 210 g/mol. The second-order valence-corrected chi connectivity index (χ2v) is 5.06. The minimum atomic E-state index is 0.905. The van der Waals surface area contributed by atoms with Gasteiger partial charge in [0.15, 0.2) is 0 Å². The second kappa shape index (κ2) is 3.83. The Morgan fingerprint density at radius 1 is 1.43 bits per heavy atom. The number of hydrogen-bond donors (Lipinski definition) is 1. The molecule has 0 aliphatic carbocycles. The van der Waals surface area contributed by atoms with E-state index in [0.717, 1.165) is 12.1 Å². The van der Waals surface area contributed by atoms with Crippen LogP contribution in [0.3, 0.4) is 0 Å². The summed E-state index contributed by atoms with van der Waals surface area (Å²) < 4.78 is 1.24. The molecule has 2 aromatic rings. The molecule has 2 N–H and O–H groups in total. The van der Waals surface area contributed by atoms with Gasteiger partial charge in [0, 0.05) is 20.8 Å². The van der Waals surface area contributed by atoms with Crippen molar-refractivity contribution in [3.05, 3.63) is 23.1 Å². The summed E-state index contributed by atoms with van der Waals surface area (Å²) in [7, 11) is 0. The van der Waals surface area contributed by atoms with E-state index in [2.05, 4.69) is 19.2 Å². The van der Waals surface area contributed by atoms with E-state index in [4.69, 9.17) is 5.73 Å². The number of nitrogen functional groups attached to an aromatic ring is 1. The lowest BCUT2D eigenvalue weighted by Crippen LogP contribution is -1.82. The van der Waals surface area contributed by atoms with Gasteiger partial charge in [0.05, 0.1) is 4.70 Å². The van der Waals surface area contributed by atoms with E-state index >= 15 is 0 Å². The molecule has 0 fully saturated rings. The lowest BCUT2D eigenvalue weighted by Gasteiger charge is -1.97. The highest BCUT2D eigenvalue weighted by Crippen LogP contribution is 2.39. The first-order chi connectivity index (χ1) is 6.77. The maximum absolute atomic E-state index is 5.95. The molecule has 0 atom stereocenters. The summed E-state index contributed by atoms with van der Waals surface area (Å²) in [6.45, 7) is 2.20. The van der Waals surface area contributed by atoms with Gasteiger partial charge in [-0.3, -0.25) is 0 Å². The highest BCUT2D eigenvalue weighted by molar-refractivity contribution is 7.99. The molecule has 14 heavy (non-hydrogen) atoms. The molecule has 0 unspecified atom stereocenters. The lowest BCUT2D eigenvalue weighted by atomic mass is 10.2. The standard InChI is InChI=1S/C11H13NS2/c1-3-9-11(13-2)7-5-4-6-8(12)10(7)14-9/h4-6H,3,12H2,1-2H3. The van der Waals surface area contributed by atoms with Gasteiger partial charge < -0.3 is 5.73 Å². The Morgan fingerprint density at radius 3 is 2.86 bits per heavy atom. The Kier molecular flexibility index (Phi) is 2.70. The van der Waals surface area contributed by atoms with Crippen molar-refractivity contribution in [3.63, 3.8) is 0 Å². The summed E-state index contributed by atoms with van der Waals surface area (Å²) in [4.78, 5) is 2.85. The van der Waals surface area contributed by atoms with Crippen LogP contribution < -0.4 is 5.73 Å². The molecule has 1 heterocycles. The third kappa shape index (κ3) is 1.41. The van der Waals surface area contributed by atoms with Crippen molar-refractivity contribution in [1.29, 1.82) is 0 Å². The molecule has 3 heteroatoms. The minimum Gasteiger partial charge on any atom is -0.398 e. The molecule has 1 nitrogen and oxygen atoms in total. The number of aryl methyl sites for hydroxylation is 1. The molecule has 0 aliphatic heterocycles. The van der Waals surface area contributed by atoms with E-state index in [9.17, 15) is 0 Å². The van der Waals surface area contributed by atoms with Crippen LogP contribution in [0.2, 0.25) is 0 Å². The number of benzene rings is 1. The van der Waals surface area contributed by atoms with Crippen LogP contribution in [-0.2, 0) is 6.42 Å². The Morgan fingerprint density at radius 2 is 2.21 bits per heavy atom. The molecule has 74 valence electrons. The number of thioether (sulfide) groups is 1. The van der Waals surface area contributed by atoms with Gasteiger partial charge >= 0.3 is 0 Å². The predicted octanol–water partition coefficient (Wildman–Crippen LogP) is 3.77. The first kappa shape index (κ1) is 9.87. The van der Waals surface area contributed by atoms with E-state index in [1.807, 2.05) is 35.2 Å². The normalized spacial score (nSPS) is 11.0. The van der Waals surface area contributed by atoms with Crippen LogP contribution in [0, 0.1) is 0 Å². The second-order valence-electron chi connectivity index (χ2n) is 3.14. The molecule has 0 amide bonds. The fraction of sp³-hybridized carbons (Fsp3) is 0.273. The number of hydrogen-bond acceptors (Lipinski definition) is 3. The highest BCUT2D eigenvalue weighted by Gasteiger charge is 2.10. The number of thiophene rings is 1. The van der Waals surface area contributed by atoms with Crippen LogP contribution in [0.25, 0.3) is 10.1 Å². The molecule has 0 radical (unpaired) electrons. The molecule has 0 aliphatic rings. The van der Waals surface area contributed by atoms with Crippen LogP contribution in [0.1, 0.15) is 11.8 Å². The molecule has 0 bridgehead atoms. The third-order valence-electron chi connectivity index (χ3n) is 2.29. The van der Waals surface area contributed by atoms with Crippen molar-refractivity contribution in [3.8, 4) is 0 Å². The lowest BCUT2D eigenvalue weighted by molar-refractivity contribution is 1.15. The monoisotopic (exact) mass is 223 g/mol. The summed E-state index contributed by atoms with van der Waals surface area (Å²) in [6, 6.07) is 6.17. The summed E-state index contributed by atoms with van der Waals surface area (Å²) in [5.41, 5.74) is 6.85. The fourth-order valence-corrected chi connectivity index (χ4v) is 3.88. The molecule has 0 saturated carbocycles. The van der Waals surface area contributed by atoms with Crippen molar-refractivity contribution in [2.45, 2.75) is 18.2 Å². The molecule has 2 rings (SSSR count). The average Bonchev–Trinajstić information content (AvgIpc) is 2.57. The van der Waals surface area contributed by atoms with Gasteiger partial charge in [-0.05, 0) is 18.7 Å². The predicted molar refractivity (Wildman–Crippen MR) is 67.4 cm³/mol. The number of nitrogens with two attached hydrogens (primary N) is 1. The van der Waals surface area contributed by atoms with Gasteiger partial charge in [-0.2, -0.15) is 0 Å². The van der Waals surface area contributed by atoms with Gasteiger partial charge in [-0.15, -0.1) is 23.1 Å². The molecule has 1 aromatic carbocycles. The van der Waals surface area contributed by atoms with Crippen molar-refractivity contribution >= 4 is 38.9 Å². The third-order valence-corrected chi connectivity index (χ3v) is 4.70. The Balaban J connectivity index is 2.79. The summed E-state index contributed by atoms with van der Waals surface area (Å²) in [5.74, 6) is 0. The summed E-state index contributed by atoms with van der Waals surface area (Å²) in [6.07, 6.45) is 3.22. The molecular formula is C11H13NS2. The first-order valence-corrected chi connectivity index (χ1v) is 6.66. The van der Waals surface area contributed by atoms with Gasteiger partial charge in [-0.1, -0.05) is 19.1 Å². The Labute approximate surface area is 92.3 Å². The van der Waals surface area contributed by atoms with Gasteiger partial charge in [-0.25, -0.2) is 0 Å². The first-order valence-electron chi connectivity index (χ1n) is 4.61. The van der Waals surface area contributed by atoms with Gasteiger partial charge in [0.2, 0.25) is 0 Å². The van der Waals surface area contributed by atoms with Gasteiger partial charge in [0.25, 0.3) is 0 Å². The van der Waals surface area contributed by atoms with Crippen LogP contribution in [0.4, 0.5) is 5.69 Å². The zero-order valence-electron chi connectivity index (χ0n) is 8.33. The number of fused-ring (bicyclic) bond motifs is 1. The van der Waals surface area contributed by atoms with Crippen molar-refractivity contribution < 1.29 is 0 Å². The van der Waals surface area contributed by atoms with Crippen molar-refractivity contribution in [1.82, 2.24) is 0 Å². The summed E-state index contributed by atoms with van der Waals surface area (Å²) in [5, 5.41) is 1.32. The van der Waals surface area contributed by atoms with E-state index in [-0.39, 0.29) is 0 Å². The van der Waals surface area contributed by atoms with E-state index in [1.54, 1.807) is 0 Å². The Bertz CT molecular complexity index is 460. The van der Waals surface area contributed by atoms with Crippen LogP contribution in [0.5, 0.6) is 0 Å². The molecule has 1 aromatic heterocycles. The topological polar surface area (TPSA) is 26.0 Å². The zero-order valence-corrected chi connectivity index (χ0v) is 9.97. The van der Waals surface area contributed by atoms with Crippen molar-refractivity contribution in [2.24, 2.45) is 0 Å².